The van der Waals surface area contributed by atoms with Gasteiger partial charge in [0, 0.05) is 26.7 Å². The number of urea groups is 1. The van der Waals surface area contributed by atoms with Crippen LogP contribution in [0.1, 0.15) is 11.3 Å². The average molecular weight is 251 g/mol. The molecule has 1 aliphatic rings. The largest absolute Gasteiger partial charge is 0.373 e. The Morgan fingerprint density at radius 3 is 2.50 bits per heavy atom. The second-order valence-electron chi connectivity index (χ2n) is 4.40. The molecule has 98 valence electrons. The zero-order chi connectivity index (χ0) is 13.4. The van der Waals surface area contributed by atoms with Crippen molar-refractivity contribution in [2.24, 2.45) is 7.05 Å². The van der Waals surface area contributed by atoms with Crippen molar-refractivity contribution in [3.63, 3.8) is 0 Å². The molecule has 1 fully saturated rings. The van der Waals surface area contributed by atoms with Gasteiger partial charge in [0.15, 0.2) is 0 Å². The van der Waals surface area contributed by atoms with Crippen LogP contribution in [0, 0.1) is 6.92 Å². The SMILES string of the molecule is CNc1c(CN2C(=O)CN(C)C2=O)c(C)nn1C. The summed E-state index contributed by atoms with van der Waals surface area (Å²) in [6.07, 6.45) is 0. The number of anilines is 1. The number of carbonyl (C=O) groups is 2. The molecule has 1 saturated heterocycles. The summed E-state index contributed by atoms with van der Waals surface area (Å²) in [4.78, 5) is 26.2. The van der Waals surface area contributed by atoms with Crippen molar-refractivity contribution in [2.45, 2.75) is 13.5 Å². The number of likely N-dealkylation sites (N-methyl/N-ethyl adjacent to an activating group) is 1. The molecule has 0 aliphatic carbocycles. The Balaban J connectivity index is 2.30. The second kappa shape index (κ2) is 4.32. The number of amides is 3. The number of hydrogen-bond acceptors (Lipinski definition) is 4. The van der Waals surface area contributed by atoms with E-state index in [9.17, 15) is 9.59 Å². The minimum absolute atomic E-state index is 0.146. The fraction of sp³-hybridized carbons (Fsp3) is 0.545. The van der Waals surface area contributed by atoms with Crippen LogP contribution in [0.4, 0.5) is 10.6 Å². The number of aryl methyl sites for hydroxylation is 2. The van der Waals surface area contributed by atoms with E-state index in [1.807, 2.05) is 14.0 Å². The topological polar surface area (TPSA) is 70.5 Å². The molecule has 7 nitrogen and oxygen atoms in total. The molecule has 0 bridgehead atoms. The van der Waals surface area contributed by atoms with Crippen molar-refractivity contribution >= 4 is 17.8 Å². The maximum absolute atomic E-state index is 11.8. The normalized spacial score (nSPS) is 15.8. The lowest BCUT2D eigenvalue weighted by atomic mass is 10.2. The highest BCUT2D eigenvalue weighted by Crippen LogP contribution is 2.22. The van der Waals surface area contributed by atoms with Gasteiger partial charge in [-0.3, -0.25) is 14.4 Å². The Morgan fingerprint density at radius 2 is 2.00 bits per heavy atom. The van der Waals surface area contributed by atoms with Gasteiger partial charge in [0.05, 0.1) is 12.2 Å². The van der Waals surface area contributed by atoms with Crippen molar-refractivity contribution < 1.29 is 9.59 Å². The van der Waals surface area contributed by atoms with Crippen LogP contribution in [0.25, 0.3) is 0 Å². The Hall–Kier alpha value is -2.05. The summed E-state index contributed by atoms with van der Waals surface area (Å²) in [7, 11) is 5.23. The lowest BCUT2D eigenvalue weighted by Gasteiger charge is -2.15. The first-order chi connectivity index (χ1) is 8.45. The van der Waals surface area contributed by atoms with Gasteiger partial charge in [-0.1, -0.05) is 0 Å². The minimum Gasteiger partial charge on any atom is -0.373 e. The summed E-state index contributed by atoms with van der Waals surface area (Å²) in [6.45, 7) is 2.27. The zero-order valence-corrected chi connectivity index (χ0v) is 11.0. The molecule has 2 heterocycles. The minimum atomic E-state index is -0.259. The second-order valence-corrected chi connectivity index (χ2v) is 4.40. The quantitative estimate of drug-likeness (QED) is 0.777. The number of carbonyl (C=O) groups excluding carboxylic acids is 2. The number of imide groups is 1. The molecule has 2 rings (SSSR count). The first-order valence-corrected chi connectivity index (χ1v) is 5.71. The van der Waals surface area contributed by atoms with E-state index in [2.05, 4.69) is 10.4 Å². The van der Waals surface area contributed by atoms with E-state index in [0.29, 0.717) is 0 Å². The summed E-state index contributed by atoms with van der Waals surface area (Å²) in [5.74, 6) is 0.649. The van der Waals surface area contributed by atoms with E-state index in [-0.39, 0.29) is 25.0 Å². The summed E-state index contributed by atoms with van der Waals surface area (Å²) in [5, 5.41) is 7.32. The highest BCUT2D eigenvalue weighted by atomic mass is 16.2. The molecule has 0 unspecified atom stereocenters. The third-order valence-corrected chi connectivity index (χ3v) is 3.13. The average Bonchev–Trinajstić information content (AvgIpc) is 2.70. The van der Waals surface area contributed by atoms with Crippen LogP contribution in [-0.2, 0) is 18.4 Å². The molecular weight excluding hydrogens is 234 g/mol. The molecule has 1 aromatic rings. The van der Waals surface area contributed by atoms with Gasteiger partial charge in [-0.25, -0.2) is 4.79 Å². The van der Waals surface area contributed by atoms with Gasteiger partial charge in [0.25, 0.3) is 5.91 Å². The van der Waals surface area contributed by atoms with Gasteiger partial charge in [0.2, 0.25) is 0 Å². The molecule has 1 aliphatic heterocycles. The van der Waals surface area contributed by atoms with Crippen molar-refractivity contribution in [1.82, 2.24) is 19.6 Å². The van der Waals surface area contributed by atoms with Gasteiger partial charge < -0.3 is 10.2 Å². The van der Waals surface area contributed by atoms with E-state index >= 15 is 0 Å². The van der Waals surface area contributed by atoms with Crippen molar-refractivity contribution in [3.8, 4) is 0 Å². The predicted octanol–water partition coefficient (Wildman–Crippen LogP) is 0.164. The lowest BCUT2D eigenvalue weighted by Crippen LogP contribution is -2.31. The van der Waals surface area contributed by atoms with Crippen molar-refractivity contribution in [2.75, 3.05) is 26.0 Å². The summed E-state index contributed by atoms with van der Waals surface area (Å²) in [6, 6.07) is -0.259. The Morgan fingerprint density at radius 1 is 1.33 bits per heavy atom. The van der Waals surface area contributed by atoms with Gasteiger partial charge in [-0.05, 0) is 6.92 Å². The van der Waals surface area contributed by atoms with Crippen LogP contribution in [0.2, 0.25) is 0 Å². The third-order valence-electron chi connectivity index (χ3n) is 3.13. The maximum atomic E-state index is 11.8. The molecule has 18 heavy (non-hydrogen) atoms. The van der Waals surface area contributed by atoms with Crippen LogP contribution in [0.5, 0.6) is 0 Å². The summed E-state index contributed by atoms with van der Waals surface area (Å²) in [5.41, 5.74) is 1.69. The van der Waals surface area contributed by atoms with Gasteiger partial charge >= 0.3 is 6.03 Å². The lowest BCUT2D eigenvalue weighted by molar-refractivity contribution is -0.125. The molecule has 0 aromatic carbocycles. The third kappa shape index (κ3) is 1.81. The molecular formula is C11H17N5O2. The highest BCUT2D eigenvalue weighted by molar-refractivity contribution is 6.01. The van der Waals surface area contributed by atoms with Gasteiger partial charge in [-0.15, -0.1) is 0 Å². The molecule has 3 amide bonds. The summed E-state index contributed by atoms with van der Waals surface area (Å²) >= 11 is 0. The van der Waals surface area contributed by atoms with Crippen LogP contribution < -0.4 is 5.32 Å². The molecule has 0 saturated carbocycles. The van der Waals surface area contributed by atoms with Crippen LogP contribution >= 0.6 is 0 Å². The number of nitrogens with zero attached hydrogens (tertiary/aromatic N) is 4. The summed E-state index contributed by atoms with van der Waals surface area (Å²) < 4.78 is 1.71. The van der Waals surface area contributed by atoms with E-state index in [0.717, 1.165) is 17.1 Å². The molecule has 0 radical (unpaired) electrons. The monoisotopic (exact) mass is 251 g/mol. The zero-order valence-electron chi connectivity index (χ0n) is 11.0. The van der Waals surface area contributed by atoms with E-state index in [1.54, 1.807) is 18.8 Å². The van der Waals surface area contributed by atoms with Crippen molar-refractivity contribution in [3.05, 3.63) is 11.3 Å². The number of rotatable bonds is 3. The van der Waals surface area contributed by atoms with Gasteiger partial charge in [-0.2, -0.15) is 5.10 Å². The van der Waals surface area contributed by atoms with Crippen molar-refractivity contribution in [1.29, 1.82) is 0 Å². The predicted molar refractivity (Wildman–Crippen MR) is 66.1 cm³/mol. The molecule has 0 spiro atoms. The maximum Gasteiger partial charge on any atom is 0.327 e. The van der Waals surface area contributed by atoms with Crippen LogP contribution in [0.3, 0.4) is 0 Å². The smallest absolute Gasteiger partial charge is 0.327 e. The first-order valence-electron chi connectivity index (χ1n) is 5.71. The first kappa shape index (κ1) is 12.4. The van der Waals surface area contributed by atoms with E-state index in [1.165, 1.54) is 9.80 Å². The molecule has 0 atom stereocenters. The standard InChI is InChI=1S/C11H17N5O2/c1-7-8(10(12-2)15(4)13-7)5-16-9(17)6-14(3)11(16)18/h12H,5-6H2,1-4H3. The highest BCUT2D eigenvalue weighted by Gasteiger charge is 2.34. The fourth-order valence-electron chi connectivity index (χ4n) is 2.19. The molecule has 1 aromatic heterocycles. The number of hydrogen-bond donors (Lipinski definition) is 1. The Kier molecular flexibility index (Phi) is 2.98. The number of nitrogens with one attached hydrogen (secondary N) is 1. The van der Waals surface area contributed by atoms with Gasteiger partial charge in [0.1, 0.15) is 12.4 Å². The van der Waals surface area contributed by atoms with Crippen LogP contribution in [-0.4, -0.2) is 52.2 Å². The van der Waals surface area contributed by atoms with Crippen LogP contribution in [0.15, 0.2) is 0 Å². The van der Waals surface area contributed by atoms with E-state index < -0.39 is 0 Å². The molecule has 1 N–H and O–H groups in total. The molecule has 7 heteroatoms. The fourth-order valence-corrected chi connectivity index (χ4v) is 2.19. The number of aromatic nitrogens is 2. The Bertz CT molecular complexity index is 508. The Labute approximate surface area is 105 Å². The van der Waals surface area contributed by atoms with E-state index in [4.69, 9.17) is 0 Å².